The van der Waals surface area contributed by atoms with E-state index in [-0.39, 0.29) is 13.5 Å². The third kappa shape index (κ3) is 9.43. The molecule has 0 radical (unpaired) electrons. The zero-order valence-electron chi connectivity index (χ0n) is 11.0. The Morgan fingerprint density at radius 2 is 1.33 bits per heavy atom. The van der Waals surface area contributed by atoms with Crippen molar-refractivity contribution in [2.24, 2.45) is 5.92 Å². The molecule has 1 fully saturated rings. The van der Waals surface area contributed by atoms with Gasteiger partial charge in [-0.25, -0.2) is 0 Å². The minimum atomic E-state index is -0.0648. The van der Waals surface area contributed by atoms with Gasteiger partial charge in [0.1, 0.15) is 0 Å². The van der Waals surface area contributed by atoms with E-state index < -0.39 is 0 Å². The van der Waals surface area contributed by atoms with Crippen LogP contribution in [0.15, 0.2) is 24.3 Å². The van der Waals surface area contributed by atoms with Gasteiger partial charge >= 0.3 is 0 Å². The van der Waals surface area contributed by atoms with E-state index >= 15 is 0 Å². The Morgan fingerprint density at radius 3 is 1.50 bits per heavy atom. The lowest BCUT2D eigenvalue weighted by atomic mass is 10.1. The van der Waals surface area contributed by atoms with Crippen LogP contribution in [-0.2, 0) is 4.74 Å². The lowest BCUT2D eigenvalue weighted by Gasteiger charge is -1.92. The van der Waals surface area contributed by atoms with Crippen molar-refractivity contribution in [1.82, 2.24) is 0 Å². The Labute approximate surface area is 113 Å². The predicted octanol–water partition coefficient (Wildman–Crippen LogP) is 4.10. The molecule has 3 rings (SSSR count). The standard InChI is InChI=1S/C6H10.C5H8O.C4H8O.CH4/c1-6-4-2-3-5-6;6-5-3-1-2-4-5;1-2-4-5-3-1;/h2-3,6H,4-5H2,1H3;1-2,5-6H,3-4H2;1-4H2;1H4. The van der Waals surface area contributed by atoms with Gasteiger partial charge in [0.25, 0.3) is 0 Å². The summed E-state index contributed by atoms with van der Waals surface area (Å²) in [6.07, 6.45) is 15.3. The first-order valence-electron chi connectivity index (χ1n) is 6.85. The second-order valence-corrected chi connectivity index (χ2v) is 4.96. The molecule has 0 saturated carbocycles. The number of aliphatic hydroxyl groups excluding tert-OH is 1. The van der Waals surface area contributed by atoms with Gasteiger partial charge in [0.05, 0.1) is 6.10 Å². The van der Waals surface area contributed by atoms with Crippen molar-refractivity contribution in [1.29, 1.82) is 0 Å². The van der Waals surface area contributed by atoms with E-state index in [1.807, 2.05) is 12.2 Å². The molecule has 18 heavy (non-hydrogen) atoms. The number of ether oxygens (including phenoxy) is 1. The van der Waals surface area contributed by atoms with Crippen molar-refractivity contribution in [2.45, 2.75) is 59.0 Å². The van der Waals surface area contributed by atoms with Crippen molar-refractivity contribution >= 4 is 0 Å². The highest BCUT2D eigenvalue weighted by Crippen LogP contribution is 2.15. The number of hydrogen-bond donors (Lipinski definition) is 1. The SMILES string of the molecule is C.C1CCOC1.CC1CC=CC1.OC1CC=CC1. The fraction of sp³-hybridized carbons (Fsp3) is 0.750. The Bertz CT molecular complexity index is 186. The van der Waals surface area contributed by atoms with Gasteiger partial charge in [-0.05, 0) is 44.4 Å². The van der Waals surface area contributed by atoms with Crippen LogP contribution in [0.25, 0.3) is 0 Å². The number of hydrogen-bond acceptors (Lipinski definition) is 2. The Morgan fingerprint density at radius 1 is 0.889 bits per heavy atom. The Hall–Kier alpha value is -0.600. The summed E-state index contributed by atoms with van der Waals surface area (Å²) in [5.74, 6) is 0.935. The number of aliphatic hydroxyl groups is 1. The van der Waals surface area contributed by atoms with Crippen LogP contribution in [0, 0.1) is 5.92 Å². The summed E-state index contributed by atoms with van der Waals surface area (Å²) in [5, 5.41) is 8.67. The maximum Gasteiger partial charge on any atom is 0.0609 e. The minimum absolute atomic E-state index is 0. The molecule has 0 amide bonds. The van der Waals surface area contributed by atoms with Gasteiger partial charge < -0.3 is 9.84 Å². The van der Waals surface area contributed by atoms with Gasteiger partial charge in [0, 0.05) is 13.2 Å². The highest BCUT2D eigenvalue weighted by Gasteiger charge is 2.02. The molecule has 0 spiro atoms. The molecule has 0 aromatic rings. The van der Waals surface area contributed by atoms with E-state index in [9.17, 15) is 0 Å². The van der Waals surface area contributed by atoms with Crippen LogP contribution in [0.2, 0.25) is 0 Å². The van der Waals surface area contributed by atoms with Crippen LogP contribution in [0.4, 0.5) is 0 Å². The van der Waals surface area contributed by atoms with Gasteiger partial charge in [0.15, 0.2) is 0 Å². The highest BCUT2D eigenvalue weighted by atomic mass is 16.5. The molecule has 106 valence electrons. The van der Waals surface area contributed by atoms with Gasteiger partial charge in [-0.1, -0.05) is 38.7 Å². The van der Waals surface area contributed by atoms with Crippen LogP contribution >= 0.6 is 0 Å². The summed E-state index contributed by atoms with van der Waals surface area (Å²) >= 11 is 0. The van der Waals surface area contributed by atoms with Crippen molar-refractivity contribution in [3.8, 4) is 0 Å². The normalized spacial score (nSPS) is 21.9. The quantitative estimate of drug-likeness (QED) is 0.659. The molecule has 3 aliphatic rings. The Balaban J connectivity index is 0.000000235. The van der Waals surface area contributed by atoms with Crippen LogP contribution in [0.3, 0.4) is 0 Å². The highest BCUT2D eigenvalue weighted by molar-refractivity contribution is 4.94. The monoisotopic (exact) mass is 254 g/mol. The first kappa shape index (κ1) is 17.4. The lowest BCUT2D eigenvalue weighted by Crippen LogP contribution is -1.95. The molecule has 0 aromatic heterocycles. The predicted molar refractivity (Wildman–Crippen MR) is 78.7 cm³/mol. The largest absolute Gasteiger partial charge is 0.392 e. The molecule has 1 aliphatic heterocycles. The molecule has 1 N–H and O–H groups in total. The zero-order valence-corrected chi connectivity index (χ0v) is 11.0. The molecule has 0 aromatic carbocycles. The fourth-order valence-corrected chi connectivity index (χ4v) is 1.87. The van der Waals surface area contributed by atoms with Gasteiger partial charge in [-0.15, -0.1) is 0 Å². The molecule has 2 nitrogen and oxygen atoms in total. The molecule has 2 aliphatic carbocycles. The molecular weight excluding hydrogens is 224 g/mol. The second kappa shape index (κ2) is 11.5. The average Bonchev–Trinajstić information content (AvgIpc) is 2.99. The van der Waals surface area contributed by atoms with E-state index in [1.54, 1.807) is 0 Å². The summed E-state index contributed by atoms with van der Waals surface area (Å²) < 4.78 is 4.94. The maximum atomic E-state index is 8.67. The summed E-state index contributed by atoms with van der Waals surface area (Å²) in [6.45, 7) is 4.28. The van der Waals surface area contributed by atoms with Crippen molar-refractivity contribution in [3.05, 3.63) is 24.3 Å². The molecule has 0 unspecified atom stereocenters. The van der Waals surface area contributed by atoms with E-state index in [4.69, 9.17) is 9.84 Å². The molecule has 1 saturated heterocycles. The zero-order chi connectivity index (χ0) is 12.3. The number of allylic oxidation sites excluding steroid dienone is 2. The first-order chi connectivity index (χ1) is 8.29. The van der Waals surface area contributed by atoms with Crippen LogP contribution in [-0.4, -0.2) is 24.4 Å². The van der Waals surface area contributed by atoms with E-state index in [0.717, 1.165) is 32.0 Å². The van der Waals surface area contributed by atoms with E-state index in [1.165, 1.54) is 25.7 Å². The lowest BCUT2D eigenvalue weighted by molar-refractivity contribution is 0.189. The van der Waals surface area contributed by atoms with Crippen LogP contribution < -0.4 is 0 Å². The van der Waals surface area contributed by atoms with Crippen molar-refractivity contribution in [3.63, 3.8) is 0 Å². The van der Waals surface area contributed by atoms with Gasteiger partial charge in [-0.2, -0.15) is 0 Å². The van der Waals surface area contributed by atoms with E-state index in [2.05, 4.69) is 19.1 Å². The molecular formula is C16H30O2. The molecule has 2 heteroatoms. The maximum absolute atomic E-state index is 8.67. The molecule has 1 heterocycles. The third-order valence-electron chi connectivity index (χ3n) is 3.05. The van der Waals surface area contributed by atoms with Gasteiger partial charge in [0.2, 0.25) is 0 Å². The smallest absolute Gasteiger partial charge is 0.0609 e. The summed E-state index contributed by atoms with van der Waals surface area (Å²) in [5.41, 5.74) is 0. The summed E-state index contributed by atoms with van der Waals surface area (Å²) in [4.78, 5) is 0. The number of rotatable bonds is 0. The van der Waals surface area contributed by atoms with Crippen LogP contribution in [0.5, 0.6) is 0 Å². The average molecular weight is 254 g/mol. The summed E-state index contributed by atoms with van der Waals surface area (Å²) in [7, 11) is 0. The third-order valence-corrected chi connectivity index (χ3v) is 3.05. The fourth-order valence-electron chi connectivity index (χ4n) is 1.87. The van der Waals surface area contributed by atoms with Crippen molar-refractivity contribution < 1.29 is 9.84 Å². The van der Waals surface area contributed by atoms with Crippen molar-refractivity contribution in [2.75, 3.05) is 13.2 Å². The Kier molecular flexibility index (Phi) is 11.1. The van der Waals surface area contributed by atoms with Gasteiger partial charge in [-0.3, -0.25) is 0 Å². The minimum Gasteiger partial charge on any atom is -0.392 e. The second-order valence-electron chi connectivity index (χ2n) is 4.96. The molecule has 0 bridgehead atoms. The summed E-state index contributed by atoms with van der Waals surface area (Å²) in [6, 6.07) is 0. The van der Waals surface area contributed by atoms with Crippen LogP contribution in [0.1, 0.15) is 52.9 Å². The first-order valence-corrected chi connectivity index (χ1v) is 6.85. The molecule has 0 atom stereocenters. The topological polar surface area (TPSA) is 29.5 Å². The van der Waals surface area contributed by atoms with E-state index in [0.29, 0.717) is 0 Å².